The Kier molecular flexibility index (Phi) is 6.10. The molecule has 1 heterocycles. The molecule has 0 spiro atoms. The second kappa shape index (κ2) is 7.12. The minimum absolute atomic E-state index is 0.250. The maximum absolute atomic E-state index is 11.8. The predicted molar refractivity (Wildman–Crippen MR) is 66.2 cm³/mol. The summed E-state index contributed by atoms with van der Waals surface area (Å²) in [6, 6.07) is 0.372. The molecule has 15 heavy (non-hydrogen) atoms. The maximum atomic E-state index is 11.8. The van der Waals surface area contributed by atoms with E-state index in [0.717, 1.165) is 37.4 Å². The Balaban J connectivity index is 2.16. The average molecular weight is 230 g/mol. The summed E-state index contributed by atoms with van der Waals surface area (Å²) in [4.78, 5) is 11.8. The standard InChI is InChI=1S/C11H22N2OS/c1-3-12-9(2)8-13-11(14)10-4-6-15-7-5-10/h9-10,12H,3-8H2,1-2H3,(H,13,14)/t9-/m1/s1. The highest BCUT2D eigenvalue weighted by Crippen LogP contribution is 2.22. The fourth-order valence-electron chi connectivity index (χ4n) is 1.78. The van der Waals surface area contributed by atoms with Crippen LogP contribution in [-0.2, 0) is 4.79 Å². The highest BCUT2D eigenvalue weighted by atomic mass is 32.2. The Labute approximate surface area is 96.8 Å². The molecule has 0 aromatic rings. The SMILES string of the molecule is CCN[C@H](C)CNC(=O)C1CCSCC1. The van der Waals surface area contributed by atoms with Crippen molar-refractivity contribution in [3.8, 4) is 0 Å². The minimum Gasteiger partial charge on any atom is -0.354 e. The third kappa shape index (κ3) is 4.89. The van der Waals surface area contributed by atoms with Crippen molar-refractivity contribution in [3.63, 3.8) is 0 Å². The summed E-state index contributed by atoms with van der Waals surface area (Å²) in [5, 5.41) is 6.31. The molecule has 0 unspecified atom stereocenters. The first-order chi connectivity index (χ1) is 7.24. The van der Waals surface area contributed by atoms with E-state index in [4.69, 9.17) is 0 Å². The Bertz CT molecular complexity index is 193. The molecule has 2 N–H and O–H groups in total. The molecule has 1 atom stereocenters. The van der Waals surface area contributed by atoms with E-state index in [1.54, 1.807) is 0 Å². The highest BCUT2D eigenvalue weighted by Gasteiger charge is 2.21. The monoisotopic (exact) mass is 230 g/mol. The van der Waals surface area contributed by atoms with Gasteiger partial charge in [0.1, 0.15) is 0 Å². The maximum Gasteiger partial charge on any atom is 0.223 e. The molecule has 0 aromatic carbocycles. The first-order valence-electron chi connectivity index (χ1n) is 5.83. The third-order valence-corrected chi connectivity index (χ3v) is 3.78. The van der Waals surface area contributed by atoms with E-state index in [1.165, 1.54) is 0 Å². The number of hydrogen-bond acceptors (Lipinski definition) is 3. The van der Waals surface area contributed by atoms with Crippen LogP contribution in [0.15, 0.2) is 0 Å². The van der Waals surface area contributed by atoms with Crippen molar-refractivity contribution in [3.05, 3.63) is 0 Å². The van der Waals surface area contributed by atoms with Crippen LogP contribution < -0.4 is 10.6 Å². The van der Waals surface area contributed by atoms with Crippen molar-refractivity contribution in [2.45, 2.75) is 32.7 Å². The van der Waals surface area contributed by atoms with Crippen LogP contribution in [0.5, 0.6) is 0 Å². The Morgan fingerprint density at radius 1 is 1.47 bits per heavy atom. The molecule has 1 saturated heterocycles. The van der Waals surface area contributed by atoms with E-state index < -0.39 is 0 Å². The van der Waals surface area contributed by atoms with Gasteiger partial charge in [0.15, 0.2) is 0 Å². The summed E-state index contributed by atoms with van der Waals surface area (Å²) in [5.74, 6) is 2.79. The average Bonchev–Trinajstić information content (AvgIpc) is 2.27. The molecule has 0 aromatic heterocycles. The van der Waals surface area contributed by atoms with Gasteiger partial charge in [0, 0.05) is 18.5 Å². The zero-order valence-electron chi connectivity index (χ0n) is 9.71. The van der Waals surface area contributed by atoms with Crippen molar-refractivity contribution in [2.75, 3.05) is 24.6 Å². The first-order valence-corrected chi connectivity index (χ1v) is 6.98. The minimum atomic E-state index is 0.250. The summed E-state index contributed by atoms with van der Waals surface area (Å²) in [6.45, 7) is 5.88. The van der Waals surface area contributed by atoms with Crippen molar-refractivity contribution in [2.24, 2.45) is 5.92 Å². The third-order valence-electron chi connectivity index (χ3n) is 2.73. The van der Waals surface area contributed by atoms with Gasteiger partial charge in [0.25, 0.3) is 0 Å². The number of hydrogen-bond donors (Lipinski definition) is 2. The molecule has 0 aliphatic carbocycles. The van der Waals surface area contributed by atoms with Crippen LogP contribution in [0.25, 0.3) is 0 Å². The molecule has 0 saturated carbocycles. The van der Waals surface area contributed by atoms with Crippen LogP contribution in [0, 0.1) is 5.92 Å². The Morgan fingerprint density at radius 2 is 2.13 bits per heavy atom. The molecular formula is C11H22N2OS. The summed E-state index contributed by atoms with van der Waals surface area (Å²) in [6.07, 6.45) is 2.10. The zero-order chi connectivity index (χ0) is 11.1. The van der Waals surface area contributed by atoms with Gasteiger partial charge in [-0.1, -0.05) is 6.92 Å². The van der Waals surface area contributed by atoms with Gasteiger partial charge in [-0.25, -0.2) is 0 Å². The normalized spacial score (nSPS) is 19.9. The van der Waals surface area contributed by atoms with Crippen LogP contribution in [0.1, 0.15) is 26.7 Å². The van der Waals surface area contributed by atoms with Gasteiger partial charge in [-0.2, -0.15) is 11.8 Å². The Morgan fingerprint density at radius 3 is 2.73 bits per heavy atom. The molecule has 1 aliphatic rings. The highest BCUT2D eigenvalue weighted by molar-refractivity contribution is 7.99. The van der Waals surface area contributed by atoms with E-state index in [-0.39, 0.29) is 11.8 Å². The largest absolute Gasteiger partial charge is 0.354 e. The number of amides is 1. The summed E-state index contributed by atoms with van der Waals surface area (Å²) >= 11 is 1.96. The predicted octanol–water partition coefficient (Wildman–Crippen LogP) is 1.24. The number of nitrogens with one attached hydrogen (secondary N) is 2. The number of carbonyl (C=O) groups is 1. The van der Waals surface area contributed by atoms with E-state index in [9.17, 15) is 4.79 Å². The number of thioether (sulfide) groups is 1. The van der Waals surface area contributed by atoms with Gasteiger partial charge in [-0.05, 0) is 37.8 Å². The summed E-state index contributed by atoms with van der Waals surface area (Å²) in [5.41, 5.74) is 0. The molecule has 0 bridgehead atoms. The van der Waals surface area contributed by atoms with Gasteiger partial charge in [0.2, 0.25) is 5.91 Å². The van der Waals surface area contributed by atoms with Crippen molar-refractivity contribution in [1.29, 1.82) is 0 Å². The fraction of sp³-hybridized carbons (Fsp3) is 0.909. The lowest BCUT2D eigenvalue weighted by atomic mass is 10.0. The topological polar surface area (TPSA) is 41.1 Å². The quantitative estimate of drug-likeness (QED) is 0.747. The van der Waals surface area contributed by atoms with E-state index in [1.807, 2.05) is 11.8 Å². The van der Waals surface area contributed by atoms with Gasteiger partial charge < -0.3 is 10.6 Å². The Hall–Kier alpha value is -0.220. The molecular weight excluding hydrogens is 208 g/mol. The molecule has 0 radical (unpaired) electrons. The zero-order valence-corrected chi connectivity index (χ0v) is 10.5. The lowest BCUT2D eigenvalue weighted by Gasteiger charge is -2.21. The number of likely N-dealkylation sites (N-methyl/N-ethyl adjacent to an activating group) is 1. The van der Waals surface area contributed by atoms with Gasteiger partial charge in [-0.15, -0.1) is 0 Å². The molecule has 1 fully saturated rings. The second-order valence-electron chi connectivity index (χ2n) is 4.09. The van der Waals surface area contributed by atoms with Crippen LogP contribution in [0.4, 0.5) is 0 Å². The smallest absolute Gasteiger partial charge is 0.223 e. The van der Waals surface area contributed by atoms with Crippen molar-refractivity contribution < 1.29 is 4.79 Å². The number of carbonyl (C=O) groups excluding carboxylic acids is 1. The molecule has 4 heteroatoms. The van der Waals surface area contributed by atoms with Gasteiger partial charge in [0.05, 0.1) is 0 Å². The summed E-state index contributed by atoms with van der Waals surface area (Å²) < 4.78 is 0. The fourth-order valence-corrected chi connectivity index (χ4v) is 2.88. The molecule has 1 amide bonds. The lowest BCUT2D eigenvalue weighted by molar-refractivity contribution is -0.125. The van der Waals surface area contributed by atoms with Gasteiger partial charge in [-0.3, -0.25) is 4.79 Å². The van der Waals surface area contributed by atoms with Crippen molar-refractivity contribution >= 4 is 17.7 Å². The van der Waals surface area contributed by atoms with E-state index in [2.05, 4.69) is 24.5 Å². The lowest BCUT2D eigenvalue weighted by Crippen LogP contribution is -2.41. The van der Waals surface area contributed by atoms with Crippen LogP contribution >= 0.6 is 11.8 Å². The van der Waals surface area contributed by atoms with Crippen LogP contribution in [-0.4, -0.2) is 36.5 Å². The molecule has 1 rings (SSSR count). The van der Waals surface area contributed by atoms with E-state index >= 15 is 0 Å². The van der Waals surface area contributed by atoms with Crippen LogP contribution in [0.3, 0.4) is 0 Å². The molecule has 3 nitrogen and oxygen atoms in total. The van der Waals surface area contributed by atoms with Crippen LogP contribution in [0.2, 0.25) is 0 Å². The molecule has 88 valence electrons. The van der Waals surface area contributed by atoms with E-state index in [0.29, 0.717) is 6.04 Å². The van der Waals surface area contributed by atoms with Gasteiger partial charge >= 0.3 is 0 Å². The number of rotatable bonds is 5. The second-order valence-corrected chi connectivity index (χ2v) is 5.32. The summed E-state index contributed by atoms with van der Waals surface area (Å²) in [7, 11) is 0. The van der Waals surface area contributed by atoms with Crippen molar-refractivity contribution in [1.82, 2.24) is 10.6 Å². The first kappa shape index (κ1) is 12.8. The molecule has 1 aliphatic heterocycles.